The molecule has 0 aliphatic rings. The molecule has 0 fully saturated rings. The van der Waals surface area contributed by atoms with Crippen LogP contribution in [0.1, 0.15) is 18.9 Å². The lowest BCUT2D eigenvalue weighted by atomic mass is 10.1. The van der Waals surface area contributed by atoms with E-state index in [9.17, 15) is 13.2 Å². The zero-order valence-electron chi connectivity index (χ0n) is 12.0. The summed E-state index contributed by atoms with van der Waals surface area (Å²) in [6.45, 7) is 2.04. The molecule has 1 aromatic rings. The first-order chi connectivity index (χ1) is 9.83. The van der Waals surface area contributed by atoms with E-state index < -0.39 is 7.01 Å². The van der Waals surface area contributed by atoms with E-state index in [2.05, 4.69) is 0 Å². The summed E-state index contributed by atoms with van der Waals surface area (Å²) >= 11 is 1.35. The van der Waals surface area contributed by atoms with Crippen LogP contribution in [-0.2, 0) is 23.0 Å². The Hall–Kier alpha value is -1.03. The van der Waals surface area contributed by atoms with Gasteiger partial charge in [-0.3, -0.25) is 4.79 Å². The molecule has 0 aliphatic heterocycles. The van der Waals surface area contributed by atoms with Crippen molar-refractivity contribution in [3.63, 3.8) is 0 Å². The molecule has 8 heteroatoms. The first-order valence-corrected chi connectivity index (χ1v) is 10.2. The number of ether oxygens (including phenoxy) is 3. The Morgan fingerprint density at radius 3 is 2.29 bits per heavy atom. The zero-order valence-corrected chi connectivity index (χ0v) is 15.0. The molecule has 6 nitrogen and oxygen atoms in total. The van der Waals surface area contributed by atoms with E-state index in [0.717, 1.165) is 0 Å². The van der Waals surface area contributed by atoms with E-state index in [1.165, 1.54) is 47.6 Å². The van der Waals surface area contributed by atoms with E-state index in [0.29, 0.717) is 24.3 Å². The third-order valence-corrected chi connectivity index (χ3v) is 5.00. The van der Waals surface area contributed by atoms with Crippen molar-refractivity contribution in [3.05, 3.63) is 17.7 Å². The van der Waals surface area contributed by atoms with Crippen LogP contribution in [0.4, 0.5) is 0 Å². The van der Waals surface area contributed by atoms with E-state index in [1.54, 1.807) is 6.92 Å². The van der Waals surface area contributed by atoms with Crippen LogP contribution >= 0.6 is 21.2 Å². The van der Waals surface area contributed by atoms with Crippen LogP contribution in [0.2, 0.25) is 0 Å². The minimum Gasteiger partial charge on any atom is -0.496 e. The van der Waals surface area contributed by atoms with Crippen LogP contribution < -0.4 is 9.47 Å². The summed E-state index contributed by atoms with van der Waals surface area (Å²) in [7, 11) is -0.608. The predicted octanol–water partition coefficient (Wildman–Crippen LogP) is 2.32. The van der Waals surface area contributed by atoms with Gasteiger partial charge in [0.05, 0.1) is 42.0 Å². The average Bonchev–Trinajstić information content (AvgIpc) is 2.43. The fraction of sp³-hybridized carbons (Fsp3) is 0.462. The number of hydrogen-bond donors (Lipinski definition) is 0. The number of halogens is 1. The normalized spacial score (nSPS) is 11.0. The number of aryl methyl sites for hydroxylation is 1. The van der Waals surface area contributed by atoms with Crippen LogP contribution in [0.15, 0.2) is 17.0 Å². The Balaban J connectivity index is 3.15. The fourth-order valence-electron chi connectivity index (χ4n) is 1.79. The predicted molar refractivity (Wildman–Crippen MR) is 85.7 cm³/mol. The highest BCUT2D eigenvalue weighted by molar-refractivity contribution is 14.2. The zero-order chi connectivity index (χ0) is 16.0. The van der Waals surface area contributed by atoms with E-state index in [-0.39, 0.29) is 23.0 Å². The number of carbonyl (C=O) groups excluding carboxylic acids is 1. The lowest BCUT2D eigenvalue weighted by Gasteiger charge is -2.13. The molecule has 0 heterocycles. The maximum absolute atomic E-state index is 11.8. The number of methoxy groups -OCH3 is 2. The summed E-state index contributed by atoms with van der Waals surface area (Å²) in [5.41, 5.74) is 0.613. The molecule has 1 aromatic carbocycles. The van der Waals surface area contributed by atoms with E-state index in [1.807, 2.05) is 0 Å². The molecular weight excluding hydrogens is 411 g/mol. The van der Waals surface area contributed by atoms with Gasteiger partial charge in [0, 0.05) is 12.5 Å². The van der Waals surface area contributed by atoms with Crippen LogP contribution in [-0.4, -0.2) is 35.2 Å². The van der Waals surface area contributed by atoms with Crippen LogP contribution in [0.25, 0.3) is 0 Å². The molecule has 0 unspecified atom stereocenters. The number of esters is 1. The molecule has 0 radical (unpaired) electrons. The molecule has 0 amide bonds. The van der Waals surface area contributed by atoms with Crippen molar-refractivity contribution in [2.24, 2.45) is 0 Å². The van der Waals surface area contributed by atoms with Gasteiger partial charge in [-0.1, -0.05) is 0 Å². The summed E-state index contributed by atoms with van der Waals surface area (Å²) in [6.07, 6.45) is 0.475. The van der Waals surface area contributed by atoms with Crippen molar-refractivity contribution in [1.82, 2.24) is 0 Å². The van der Waals surface area contributed by atoms with Crippen LogP contribution in [0.3, 0.4) is 0 Å². The quantitative estimate of drug-likeness (QED) is 0.377. The van der Waals surface area contributed by atoms with Gasteiger partial charge in [0.25, 0.3) is 0 Å². The second kappa shape index (κ2) is 7.83. The van der Waals surface area contributed by atoms with Gasteiger partial charge in [0.15, 0.2) is 0 Å². The van der Waals surface area contributed by atoms with Gasteiger partial charge in [0.1, 0.15) is 16.4 Å². The van der Waals surface area contributed by atoms with Crippen molar-refractivity contribution >= 4 is 34.2 Å². The number of benzene rings is 1. The first kappa shape index (κ1) is 18.0. The summed E-state index contributed by atoms with van der Waals surface area (Å²) in [4.78, 5) is 11.5. The van der Waals surface area contributed by atoms with Gasteiger partial charge in [-0.2, -0.15) is 0 Å². The van der Waals surface area contributed by atoms with Gasteiger partial charge >= 0.3 is 5.97 Å². The van der Waals surface area contributed by atoms with E-state index in [4.69, 9.17) is 14.2 Å². The molecule has 0 aliphatic carbocycles. The summed E-state index contributed by atoms with van der Waals surface area (Å²) in [5, 5.41) is 0. The van der Waals surface area contributed by atoms with Gasteiger partial charge in [0.2, 0.25) is 7.01 Å². The Morgan fingerprint density at radius 2 is 1.81 bits per heavy atom. The molecule has 0 saturated carbocycles. The smallest absolute Gasteiger partial charge is 0.306 e. The maximum atomic E-state index is 11.8. The highest BCUT2D eigenvalue weighted by Gasteiger charge is 2.20. The second-order valence-corrected chi connectivity index (χ2v) is 8.85. The van der Waals surface area contributed by atoms with E-state index >= 15 is 0 Å². The molecule has 0 N–H and O–H groups in total. The Morgan fingerprint density at radius 1 is 1.19 bits per heavy atom. The standard InChI is InChI=1S/C13H17IO6S/c1-4-20-13(15)6-5-9-7-12(21(14,16)17)11(19-3)8-10(9)18-2/h7-8H,4-6H2,1-3H3. The molecule has 0 bridgehead atoms. The van der Waals surface area contributed by atoms with Gasteiger partial charge < -0.3 is 14.2 Å². The molecule has 21 heavy (non-hydrogen) atoms. The minimum atomic E-state index is -3.47. The average molecular weight is 428 g/mol. The highest BCUT2D eigenvalue weighted by atomic mass is 127. The highest BCUT2D eigenvalue weighted by Crippen LogP contribution is 2.35. The molecule has 118 valence electrons. The topological polar surface area (TPSA) is 78.9 Å². The second-order valence-electron chi connectivity index (χ2n) is 4.06. The summed E-state index contributed by atoms with van der Waals surface area (Å²) in [6, 6.07) is 2.98. The van der Waals surface area contributed by atoms with Gasteiger partial charge in [-0.15, -0.1) is 0 Å². The monoisotopic (exact) mass is 428 g/mol. The van der Waals surface area contributed by atoms with Crippen molar-refractivity contribution in [1.29, 1.82) is 0 Å². The number of hydrogen-bond acceptors (Lipinski definition) is 6. The fourth-order valence-corrected chi connectivity index (χ4v) is 3.49. The molecular formula is C13H17IO6S. The van der Waals surface area contributed by atoms with Gasteiger partial charge in [-0.05, 0) is 25.0 Å². The SMILES string of the molecule is CCOC(=O)CCc1cc(S(=O)(=O)I)c(OC)cc1OC. The Kier molecular flexibility index (Phi) is 6.72. The molecule has 0 atom stereocenters. The first-order valence-electron chi connectivity index (χ1n) is 6.18. The Bertz CT molecular complexity index is 611. The lowest BCUT2D eigenvalue weighted by molar-refractivity contribution is -0.143. The van der Waals surface area contributed by atoms with Crippen LogP contribution in [0.5, 0.6) is 11.5 Å². The van der Waals surface area contributed by atoms with Crippen molar-refractivity contribution in [2.45, 2.75) is 24.7 Å². The third kappa shape index (κ3) is 5.03. The molecule has 0 spiro atoms. The maximum Gasteiger partial charge on any atom is 0.306 e. The molecule has 0 saturated heterocycles. The minimum absolute atomic E-state index is 0.0604. The number of carbonyl (C=O) groups is 1. The number of rotatable bonds is 7. The summed E-state index contributed by atoms with van der Waals surface area (Å²) in [5.74, 6) is 0.343. The largest absolute Gasteiger partial charge is 0.496 e. The third-order valence-electron chi connectivity index (χ3n) is 2.73. The molecule has 0 aromatic heterocycles. The Labute approximate surface area is 136 Å². The van der Waals surface area contributed by atoms with Crippen molar-refractivity contribution < 1.29 is 27.4 Å². The van der Waals surface area contributed by atoms with Crippen molar-refractivity contribution in [3.8, 4) is 11.5 Å². The van der Waals surface area contributed by atoms with Crippen molar-refractivity contribution in [2.75, 3.05) is 20.8 Å². The molecule has 1 rings (SSSR count). The summed E-state index contributed by atoms with van der Waals surface area (Å²) < 4.78 is 38.7. The van der Waals surface area contributed by atoms with Gasteiger partial charge in [-0.25, -0.2) is 8.42 Å². The lowest BCUT2D eigenvalue weighted by Crippen LogP contribution is -2.07. The van der Waals surface area contributed by atoms with Crippen LogP contribution in [0, 0.1) is 0 Å².